The average molecular weight is 430 g/mol. The van der Waals surface area contributed by atoms with Crippen molar-refractivity contribution in [2.75, 3.05) is 0 Å². The Bertz CT molecular complexity index is 930. The maximum atomic E-state index is 12.6. The van der Waals surface area contributed by atoms with Gasteiger partial charge < -0.3 is 9.97 Å². The highest BCUT2D eigenvalue weighted by Crippen LogP contribution is 2.28. The molecule has 4 nitrogen and oxygen atoms in total. The summed E-state index contributed by atoms with van der Waals surface area (Å²) in [6, 6.07) is 8.32. The second-order valence-corrected chi connectivity index (χ2v) is 6.56. The van der Waals surface area contributed by atoms with Crippen LogP contribution >= 0.6 is 43.5 Å². The molecule has 2 aromatic carbocycles. The molecule has 3 rings (SSSR count). The number of rotatable bonds is 2. The summed E-state index contributed by atoms with van der Waals surface area (Å²) in [5, 5.41) is 0.544. The van der Waals surface area contributed by atoms with E-state index in [4.69, 9.17) is 11.6 Å². The Kier molecular flexibility index (Phi) is 3.77. The van der Waals surface area contributed by atoms with Crippen molar-refractivity contribution in [1.82, 2.24) is 9.97 Å². The minimum absolute atomic E-state index is 0.172. The van der Waals surface area contributed by atoms with Gasteiger partial charge in [0.2, 0.25) is 0 Å². The molecule has 2 N–H and O–H groups in total. The first kappa shape index (κ1) is 14.6. The molecule has 0 unspecified atom stereocenters. The molecule has 1 aromatic heterocycles. The summed E-state index contributed by atoms with van der Waals surface area (Å²) in [5.41, 5.74) is 1.86. The Morgan fingerprint density at radius 2 is 1.57 bits per heavy atom. The topological polar surface area (TPSA) is 65.7 Å². The maximum Gasteiger partial charge on any atom is 0.323 e. The lowest BCUT2D eigenvalue weighted by Gasteiger charge is -2.07. The molecular weight excluding hydrogens is 423 g/mol. The number of fused-ring (bicyclic) bond motifs is 1. The Morgan fingerprint density at radius 3 is 2.24 bits per heavy atom. The average Bonchev–Trinajstić information content (AvgIpc) is 2.76. The number of benzene rings is 2. The summed E-state index contributed by atoms with van der Waals surface area (Å²) in [5.74, 6) is -0.172. The fraction of sp³-hybridized carbons (Fsp3) is 0. The van der Waals surface area contributed by atoms with Gasteiger partial charge in [0.05, 0.1) is 11.0 Å². The van der Waals surface area contributed by atoms with Crippen LogP contribution in [0.5, 0.6) is 0 Å². The van der Waals surface area contributed by atoms with E-state index >= 15 is 0 Å². The van der Waals surface area contributed by atoms with Crippen molar-refractivity contribution in [3.63, 3.8) is 0 Å². The molecule has 0 aliphatic carbocycles. The third kappa shape index (κ3) is 2.71. The number of nitrogens with one attached hydrogen (secondary N) is 2. The minimum Gasteiger partial charge on any atom is -0.306 e. The van der Waals surface area contributed by atoms with Gasteiger partial charge in [-0.2, -0.15) is 0 Å². The summed E-state index contributed by atoms with van der Waals surface area (Å²) in [6.07, 6.45) is 0. The zero-order valence-corrected chi connectivity index (χ0v) is 14.3. The second kappa shape index (κ2) is 5.44. The number of H-pyrrole nitrogens is 2. The minimum atomic E-state index is -0.311. The zero-order chi connectivity index (χ0) is 15.1. The number of hydrogen-bond acceptors (Lipinski definition) is 2. The molecule has 0 aliphatic heterocycles. The highest BCUT2D eigenvalue weighted by atomic mass is 79.9. The molecule has 3 aromatic rings. The monoisotopic (exact) mass is 428 g/mol. The number of imidazole rings is 1. The predicted octanol–water partition coefficient (Wildman–Crippen LogP) is 4.27. The van der Waals surface area contributed by atoms with Gasteiger partial charge in [-0.3, -0.25) is 4.79 Å². The van der Waals surface area contributed by atoms with E-state index in [0.29, 0.717) is 36.1 Å². The molecule has 0 saturated carbocycles. The van der Waals surface area contributed by atoms with E-state index in [-0.39, 0.29) is 11.5 Å². The molecule has 0 saturated heterocycles. The molecule has 0 aliphatic rings. The van der Waals surface area contributed by atoms with Crippen LogP contribution in [-0.2, 0) is 0 Å². The van der Waals surface area contributed by atoms with Crippen molar-refractivity contribution in [3.8, 4) is 0 Å². The normalized spacial score (nSPS) is 11.0. The summed E-state index contributed by atoms with van der Waals surface area (Å²) in [6.45, 7) is 0. The summed E-state index contributed by atoms with van der Waals surface area (Å²) < 4.78 is 1.23. The van der Waals surface area contributed by atoms with E-state index in [1.165, 1.54) is 0 Å². The van der Waals surface area contributed by atoms with Crippen LogP contribution in [-0.4, -0.2) is 15.8 Å². The largest absolute Gasteiger partial charge is 0.323 e. The van der Waals surface area contributed by atoms with Gasteiger partial charge in [-0.1, -0.05) is 11.6 Å². The van der Waals surface area contributed by atoms with Crippen molar-refractivity contribution in [1.29, 1.82) is 0 Å². The fourth-order valence-corrected chi connectivity index (χ4v) is 3.43. The van der Waals surface area contributed by atoms with Crippen LogP contribution in [0.4, 0.5) is 0 Å². The van der Waals surface area contributed by atoms with Crippen molar-refractivity contribution in [3.05, 3.63) is 65.9 Å². The quantitative estimate of drug-likeness (QED) is 0.597. The fourth-order valence-electron chi connectivity index (χ4n) is 2.05. The number of hydrogen-bond donors (Lipinski definition) is 2. The van der Waals surface area contributed by atoms with Gasteiger partial charge in [-0.25, -0.2) is 4.79 Å². The third-order valence-corrected chi connectivity index (χ3v) is 4.57. The van der Waals surface area contributed by atoms with Crippen molar-refractivity contribution >= 4 is 60.3 Å². The summed E-state index contributed by atoms with van der Waals surface area (Å²) >= 11 is 12.6. The highest BCUT2D eigenvalue weighted by molar-refractivity contribution is 9.11. The van der Waals surface area contributed by atoms with Gasteiger partial charge in [-0.05, 0) is 62.2 Å². The number of aromatic amines is 2. The molecule has 0 bridgehead atoms. The van der Waals surface area contributed by atoms with Crippen LogP contribution in [0.15, 0.2) is 44.1 Å². The molecule has 0 spiro atoms. The number of ketones is 1. The lowest BCUT2D eigenvalue weighted by molar-refractivity contribution is 0.103. The molecule has 0 amide bonds. The first-order valence-electron chi connectivity index (χ1n) is 5.87. The SMILES string of the molecule is O=C(c1ccc(Cl)cc1Br)c1cc2[nH]c(=O)[nH]c2cc1Br. The highest BCUT2D eigenvalue weighted by Gasteiger charge is 2.17. The standard InChI is InChI=1S/C14H7Br2ClN2O2/c15-9-3-6(17)1-2-7(9)13(20)8-4-11-12(5-10(8)16)19-14(21)18-11/h1-5H,(H2,18,19,21). The van der Waals surface area contributed by atoms with Gasteiger partial charge >= 0.3 is 5.69 Å². The van der Waals surface area contributed by atoms with Crippen LogP contribution in [0.25, 0.3) is 11.0 Å². The maximum absolute atomic E-state index is 12.6. The van der Waals surface area contributed by atoms with E-state index in [1.54, 1.807) is 30.3 Å². The van der Waals surface area contributed by atoms with Crippen LogP contribution < -0.4 is 5.69 Å². The smallest absolute Gasteiger partial charge is 0.306 e. The Hall–Kier alpha value is -1.37. The van der Waals surface area contributed by atoms with E-state index in [1.807, 2.05) is 0 Å². The molecule has 1 heterocycles. The van der Waals surface area contributed by atoms with E-state index in [9.17, 15) is 9.59 Å². The summed E-state index contributed by atoms with van der Waals surface area (Å²) in [4.78, 5) is 29.2. The molecular formula is C14H7Br2ClN2O2. The van der Waals surface area contributed by atoms with Gasteiger partial charge in [0, 0.05) is 25.1 Å². The van der Waals surface area contributed by atoms with Crippen LogP contribution in [0, 0.1) is 0 Å². The van der Waals surface area contributed by atoms with Gasteiger partial charge in [0.25, 0.3) is 0 Å². The van der Waals surface area contributed by atoms with Crippen molar-refractivity contribution in [2.45, 2.75) is 0 Å². The van der Waals surface area contributed by atoms with E-state index in [0.717, 1.165) is 0 Å². The van der Waals surface area contributed by atoms with Crippen LogP contribution in [0.2, 0.25) is 5.02 Å². The number of halogens is 3. The lowest BCUT2D eigenvalue weighted by atomic mass is 10.0. The van der Waals surface area contributed by atoms with E-state index in [2.05, 4.69) is 41.8 Å². The Balaban J connectivity index is 2.16. The third-order valence-electron chi connectivity index (χ3n) is 3.02. The van der Waals surface area contributed by atoms with Gasteiger partial charge in [0.15, 0.2) is 5.78 Å². The zero-order valence-electron chi connectivity index (χ0n) is 10.3. The van der Waals surface area contributed by atoms with Crippen molar-refractivity contribution < 1.29 is 4.79 Å². The molecule has 21 heavy (non-hydrogen) atoms. The molecule has 106 valence electrons. The summed E-state index contributed by atoms with van der Waals surface area (Å²) in [7, 11) is 0. The number of aromatic nitrogens is 2. The Morgan fingerprint density at radius 1 is 0.952 bits per heavy atom. The van der Waals surface area contributed by atoms with Crippen molar-refractivity contribution in [2.24, 2.45) is 0 Å². The van der Waals surface area contributed by atoms with Gasteiger partial charge in [0.1, 0.15) is 0 Å². The number of carbonyl (C=O) groups excluding carboxylic acids is 1. The first-order valence-corrected chi connectivity index (χ1v) is 7.83. The van der Waals surface area contributed by atoms with Crippen LogP contribution in [0.1, 0.15) is 15.9 Å². The molecule has 0 fully saturated rings. The van der Waals surface area contributed by atoms with Gasteiger partial charge in [-0.15, -0.1) is 0 Å². The Labute approximate surface area is 140 Å². The molecule has 7 heteroatoms. The second-order valence-electron chi connectivity index (χ2n) is 4.41. The van der Waals surface area contributed by atoms with E-state index < -0.39 is 0 Å². The molecule has 0 atom stereocenters. The predicted molar refractivity (Wildman–Crippen MR) is 89.2 cm³/mol. The van der Waals surface area contributed by atoms with Crippen LogP contribution in [0.3, 0.4) is 0 Å². The lowest BCUT2D eigenvalue weighted by Crippen LogP contribution is -2.03. The molecule has 0 radical (unpaired) electrons. The number of carbonyl (C=O) groups is 1. The first-order chi connectivity index (χ1) is 9.95.